The van der Waals surface area contributed by atoms with Crippen molar-refractivity contribution in [3.05, 3.63) is 29.3 Å². The van der Waals surface area contributed by atoms with Gasteiger partial charge in [-0.3, -0.25) is 0 Å². The van der Waals surface area contributed by atoms with E-state index in [1.165, 1.54) is 0 Å². The van der Waals surface area contributed by atoms with E-state index >= 15 is 0 Å². The molecule has 0 aliphatic carbocycles. The number of hydrogen-bond donors (Lipinski definition) is 0. The molecule has 1 aromatic carbocycles. The average Bonchev–Trinajstić information content (AvgIpc) is 3.00. The predicted octanol–water partition coefficient (Wildman–Crippen LogP) is 1.64. The molecule has 0 N–H and O–H groups in total. The van der Waals surface area contributed by atoms with Crippen LogP contribution in [0.1, 0.15) is 11.1 Å². The van der Waals surface area contributed by atoms with Gasteiger partial charge in [-0.25, -0.2) is 0 Å². The van der Waals surface area contributed by atoms with E-state index in [0.717, 1.165) is 17.9 Å². The molecule has 3 heteroatoms. The molecule has 1 atom stereocenters. The summed E-state index contributed by atoms with van der Waals surface area (Å²) in [6, 6.07) is 7.53. The molecule has 1 aliphatic rings. The van der Waals surface area contributed by atoms with Gasteiger partial charge in [0.25, 0.3) is 0 Å². The zero-order valence-corrected chi connectivity index (χ0v) is 7.99. The van der Waals surface area contributed by atoms with Crippen molar-refractivity contribution in [3.63, 3.8) is 0 Å². The summed E-state index contributed by atoms with van der Waals surface area (Å²) in [5.41, 5.74) is 1.67. The minimum absolute atomic E-state index is 0.250. The van der Waals surface area contributed by atoms with Gasteiger partial charge in [0.15, 0.2) is 0 Å². The molecule has 1 saturated heterocycles. The lowest BCUT2D eigenvalue weighted by Gasteiger charge is -2.07. The molecule has 1 unspecified atom stereocenters. The molecule has 0 bridgehead atoms. The molecule has 0 aromatic heterocycles. The first-order valence-corrected chi connectivity index (χ1v) is 4.55. The van der Waals surface area contributed by atoms with Crippen molar-refractivity contribution in [2.24, 2.45) is 0 Å². The lowest BCUT2D eigenvalue weighted by Crippen LogP contribution is -2.05. The molecule has 0 spiro atoms. The number of epoxide rings is 1. The summed E-state index contributed by atoms with van der Waals surface area (Å²) in [5, 5.41) is 8.71. The van der Waals surface area contributed by atoms with Gasteiger partial charge in [0, 0.05) is 0 Å². The third-order valence-corrected chi connectivity index (χ3v) is 2.14. The third-order valence-electron chi connectivity index (χ3n) is 2.14. The van der Waals surface area contributed by atoms with Crippen LogP contribution in [0.25, 0.3) is 0 Å². The maximum absolute atomic E-state index is 8.71. The number of hydrogen-bond acceptors (Lipinski definition) is 3. The van der Waals surface area contributed by atoms with E-state index in [1.807, 2.05) is 13.0 Å². The molecular formula is C11H11NO2. The molecule has 1 heterocycles. The van der Waals surface area contributed by atoms with Gasteiger partial charge in [-0.1, -0.05) is 6.07 Å². The van der Waals surface area contributed by atoms with E-state index in [9.17, 15) is 0 Å². The predicted molar refractivity (Wildman–Crippen MR) is 51.1 cm³/mol. The molecule has 14 heavy (non-hydrogen) atoms. The molecule has 0 amide bonds. The smallest absolute Gasteiger partial charge is 0.123 e. The second kappa shape index (κ2) is 3.69. The van der Waals surface area contributed by atoms with Crippen molar-refractivity contribution in [3.8, 4) is 11.8 Å². The normalized spacial score (nSPS) is 18.7. The van der Waals surface area contributed by atoms with Crippen LogP contribution in [-0.2, 0) is 4.74 Å². The van der Waals surface area contributed by atoms with Crippen molar-refractivity contribution < 1.29 is 9.47 Å². The fraction of sp³-hybridized carbons (Fsp3) is 0.364. The van der Waals surface area contributed by atoms with Crippen LogP contribution in [0, 0.1) is 18.3 Å². The number of nitriles is 1. The van der Waals surface area contributed by atoms with Crippen LogP contribution in [0.15, 0.2) is 18.2 Å². The van der Waals surface area contributed by atoms with Gasteiger partial charge in [-0.15, -0.1) is 0 Å². The summed E-state index contributed by atoms with van der Waals surface area (Å²) in [5.74, 6) is 0.777. The summed E-state index contributed by atoms with van der Waals surface area (Å²) in [6.45, 7) is 3.33. The SMILES string of the molecule is Cc1ccc(C#N)cc1OCC1CO1. The van der Waals surface area contributed by atoms with Crippen LogP contribution >= 0.6 is 0 Å². The highest BCUT2D eigenvalue weighted by Crippen LogP contribution is 2.20. The van der Waals surface area contributed by atoms with Crippen LogP contribution in [0.5, 0.6) is 5.75 Å². The zero-order chi connectivity index (χ0) is 9.97. The highest BCUT2D eigenvalue weighted by atomic mass is 16.6. The van der Waals surface area contributed by atoms with Crippen LogP contribution in [-0.4, -0.2) is 19.3 Å². The van der Waals surface area contributed by atoms with E-state index in [2.05, 4.69) is 6.07 Å². The Hall–Kier alpha value is -1.53. The minimum Gasteiger partial charge on any atom is -0.490 e. The molecule has 1 fully saturated rings. The Morgan fingerprint density at radius 3 is 3.07 bits per heavy atom. The first-order chi connectivity index (χ1) is 6.79. The number of benzene rings is 1. The lowest BCUT2D eigenvalue weighted by atomic mass is 10.1. The molecular weight excluding hydrogens is 178 g/mol. The van der Waals surface area contributed by atoms with Crippen molar-refractivity contribution >= 4 is 0 Å². The highest BCUT2D eigenvalue weighted by Gasteiger charge is 2.23. The summed E-state index contributed by atoms with van der Waals surface area (Å²) in [6.07, 6.45) is 0.250. The summed E-state index contributed by atoms with van der Waals surface area (Å²) >= 11 is 0. The Morgan fingerprint density at radius 2 is 2.43 bits per heavy atom. The summed E-state index contributed by atoms with van der Waals surface area (Å²) in [7, 11) is 0. The van der Waals surface area contributed by atoms with Gasteiger partial charge in [-0.2, -0.15) is 5.26 Å². The molecule has 1 aromatic rings. The molecule has 0 saturated carbocycles. The fourth-order valence-corrected chi connectivity index (χ4v) is 1.17. The quantitative estimate of drug-likeness (QED) is 0.679. The van der Waals surface area contributed by atoms with Gasteiger partial charge in [-0.05, 0) is 24.6 Å². The Balaban J connectivity index is 2.09. The monoisotopic (exact) mass is 189 g/mol. The largest absolute Gasteiger partial charge is 0.490 e. The van der Waals surface area contributed by atoms with Gasteiger partial charge < -0.3 is 9.47 Å². The van der Waals surface area contributed by atoms with Gasteiger partial charge >= 0.3 is 0 Å². The van der Waals surface area contributed by atoms with Gasteiger partial charge in [0.05, 0.1) is 18.2 Å². The van der Waals surface area contributed by atoms with Crippen LogP contribution in [0.2, 0.25) is 0 Å². The second-order valence-corrected chi connectivity index (χ2v) is 3.36. The highest BCUT2D eigenvalue weighted by molar-refractivity contribution is 5.41. The lowest BCUT2D eigenvalue weighted by molar-refractivity contribution is 0.261. The second-order valence-electron chi connectivity index (χ2n) is 3.36. The third kappa shape index (κ3) is 2.04. The average molecular weight is 189 g/mol. The van der Waals surface area contributed by atoms with Gasteiger partial charge in [0.2, 0.25) is 0 Å². The Kier molecular flexibility index (Phi) is 2.38. The molecule has 3 nitrogen and oxygen atoms in total. The minimum atomic E-state index is 0.250. The molecule has 72 valence electrons. The van der Waals surface area contributed by atoms with Crippen molar-refractivity contribution in [2.75, 3.05) is 13.2 Å². The van der Waals surface area contributed by atoms with E-state index in [0.29, 0.717) is 12.2 Å². The molecule has 2 rings (SSSR count). The number of rotatable bonds is 3. The maximum Gasteiger partial charge on any atom is 0.123 e. The van der Waals surface area contributed by atoms with Crippen molar-refractivity contribution in [1.82, 2.24) is 0 Å². The topological polar surface area (TPSA) is 45.5 Å². The number of aryl methyl sites for hydroxylation is 1. The molecule has 0 radical (unpaired) electrons. The van der Waals surface area contributed by atoms with E-state index in [1.54, 1.807) is 12.1 Å². The Bertz CT molecular complexity index is 377. The van der Waals surface area contributed by atoms with E-state index in [-0.39, 0.29) is 6.10 Å². The van der Waals surface area contributed by atoms with Crippen LogP contribution < -0.4 is 4.74 Å². The summed E-state index contributed by atoms with van der Waals surface area (Å²) in [4.78, 5) is 0. The first kappa shape index (κ1) is 9.04. The van der Waals surface area contributed by atoms with E-state index in [4.69, 9.17) is 14.7 Å². The number of ether oxygens (including phenoxy) is 2. The number of nitrogens with zero attached hydrogens (tertiary/aromatic N) is 1. The molecule has 1 aliphatic heterocycles. The van der Waals surface area contributed by atoms with Gasteiger partial charge in [0.1, 0.15) is 18.5 Å². The standard InChI is InChI=1S/C11H11NO2/c1-8-2-3-9(5-12)4-11(8)14-7-10-6-13-10/h2-4,10H,6-7H2,1H3. The maximum atomic E-state index is 8.71. The zero-order valence-electron chi connectivity index (χ0n) is 7.99. The Labute approximate surface area is 82.9 Å². The summed E-state index contributed by atoms with van der Waals surface area (Å²) < 4.78 is 10.6. The van der Waals surface area contributed by atoms with Crippen molar-refractivity contribution in [1.29, 1.82) is 5.26 Å². The van der Waals surface area contributed by atoms with Crippen LogP contribution in [0.3, 0.4) is 0 Å². The Morgan fingerprint density at radius 1 is 1.64 bits per heavy atom. The first-order valence-electron chi connectivity index (χ1n) is 4.55. The fourth-order valence-electron chi connectivity index (χ4n) is 1.17. The van der Waals surface area contributed by atoms with Crippen LogP contribution in [0.4, 0.5) is 0 Å². The van der Waals surface area contributed by atoms with Crippen molar-refractivity contribution in [2.45, 2.75) is 13.0 Å². The van der Waals surface area contributed by atoms with E-state index < -0.39 is 0 Å².